The van der Waals surface area contributed by atoms with Crippen LogP contribution in [0.1, 0.15) is 34.3 Å². The molecule has 0 radical (unpaired) electrons. The number of phenolic OH excluding ortho intramolecular Hbond substituents is 4. The van der Waals surface area contributed by atoms with Crippen LogP contribution < -0.4 is 28.4 Å². The lowest BCUT2D eigenvalue weighted by molar-refractivity contribution is 0.0881. The molecule has 0 saturated carbocycles. The average Bonchev–Trinajstić information content (AvgIpc) is 3.72. The minimum Gasteiger partial charge on any atom is -0.507 e. The predicted octanol–water partition coefficient (Wildman–Crippen LogP) is 4.48. The van der Waals surface area contributed by atoms with Crippen molar-refractivity contribution in [2.75, 3.05) is 54.0 Å². The number of hydrogen-bond donors (Lipinski definition) is 4. The highest BCUT2D eigenvalue weighted by molar-refractivity contribution is 5.57. The summed E-state index contributed by atoms with van der Waals surface area (Å²) < 4.78 is 33.1. The van der Waals surface area contributed by atoms with E-state index >= 15 is 0 Å². The number of hydrogen-bond acceptors (Lipinski definition) is 12. The zero-order valence-corrected chi connectivity index (χ0v) is 25.3. The van der Waals surface area contributed by atoms with E-state index in [0.29, 0.717) is 71.8 Å². The number of methoxy groups -OCH3 is 2. The molecule has 46 heavy (non-hydrogen) atoms. The third-order valence-corrected chi connectivity index (χ3v) is 8.75. The standard InChI is InChI=1S/C34H34N2O10/c1-41-27-11-19(3-5-23(27)37)33(21-13-29-31(15-25(21)39)45-17-43-29)35-7-9-36(10-8-35)34(20-4-6-24(38)28(12-20)42-2)22-14-30-32(16-26(22)40)46-18-44-30/h3-6,11-16,33-34,37-40H,7-10,17-18H2,1-2H3/t33-,34-/m1/s1. The van der Waals surface area contributed by atoms with Gasteiger partial charge in [-0.2, -0.15) is 0 Å². The first-order valence-electron chi connectivity index (χ1n) is 14.8. The maximum absolute atomic E-state index is 11.2. The van der Waals surface area contributed by atoms with Crippen LogP contribution in [-0.4, -0.2) is 84.2 Å². The van der Waals surface area contributed by atoms with Crippen molar-refractivity contribution in [2.24, 2.45) is 0 Å². The second-order valence-corrected chi connectivity index (χ2v) is 11.3. The van der Waals surface area contributed by atoms with Gasteiger partial charge in [0.1, 0.15) is 11.5 Å². The molecule has 240 valence electrons. The van der Waals surface area contributed by atoms with Gasteiger partial charge in [0.25, 0.3) is 0 Å². The van der Waals surface area contributed by atoms with Crippen LogP contribution in [0, 0.1) is 0 Å². The number of ether oxygens (including phenoxy) is 6. The van der Waals surface area contributed by atoms with Crippen molar-refractivity contribution in [3.63, 3.8) is 0 Å². The lowest BCUT2D eigenvalue weighted by Crippen LogP contribution is -2.49. The largest absolute Gasteiger partial charge is 0.507 e. The zero-order valence-electron chi connectivity index (χ0n) is 25.3. The predicted molar refractivity (Wildman–Crippen MR) is 165 cm³/mol. The van der Waals surface area contributed by atoms with Crippen LogP contribution in [0.4, 0.5) is 0 Å². The first kappa shape index (κ1) is 29.5. The minimum atomic E-state index is -0.419. The van der Waals surface area contributed by atoms with Crippen molar-refractivity contribution < 1.29 is 48.8 Å². The van der Waals surface area contributed by atoms with E-state index in [-0.39, 0.29) is 36.6 Å². The molecule has 3 aliphatic heterocycles. The highest BCUT2D eigenvalue weighted by Crippen LogP contribution is 2.47. The van der Waals surface area contributed by atoms with Crippen LogP contribution >= 0.6 is 0 Å². The van der Waals surface area contributed by atoms with Gasteiger partial charge in [-0.3, -0.25) is 9.80 Å². The Labute approximate surface area is 265 Å². The van der Waals surface area contributed by atoms with E-state index in [1.54, 1.807) is 48.5 Å². The molecular weight excluding hydrogens is 596 g/mol. The molecule has 12 nitrogen and oxygen atoms in total. The Morgan fingerprint density at radius 3 is 1.26 bits per heavy atom. The van der Waals surface area contributed by atoms with Gasteiger partial charge in [-0.1, -0.05) is 12.1 Å². The van der Waals surface area contributed by atoms with Crippen LogP contribution in [0.5, 0.6) is 57.5 Å². The fourth-order valence-corrected chi connectivity index (χ4v) is 6.49. The van der Waals surface area contributed by atoms with Crippen molar-refractivity contribution in [3.8, 4) is 57.5 Å². The zero-order chi connectivity index (χ0) is 31.9. The molecule has 4 aromatic rings. The van der Waals surface area contributed by atoms with E-state index in [0.717, 1.165) is 11.1 Å². The van der Waals surface area contributed by atoms with Crippen LogP contribution in [0.15, 0.2) is 60.7 Å². The highest BCUT2D eigenvalue weighted by atomic mass is 16.7. The average molecular weight is 631 g/mol. The first-order chi connectivity index (χ1) is 22.3. The molecular formula is C34H34N2O10. The summed E-state index contributed by atoms with van der Waals surface area (Å²) in [7, 11) is 2.99. The molecule has 0 bridgehead atoms. The molecule has 12 heteroatoms. The lowest BCUT2D eigenvalue weighted by Gasteiger charge is -2.43. The number of rotatable bonds is 8. The number of nitrogens with zero attached hydrogens (tertiary/aromatic N) is 2. The van der Waals surface area contributed by atoms with E-state index in [9.17, 15) is 20.4 Å². The molecule has 1 fully saturated rings. The topological polar surface area (TPSA) is 143 Å². The summed E-state index contributed by atoms with van der Waals surface area (Å²) in [5.41, 5.74) is 2.87. The Morgan fingerprint density at radius 2 is 0.891 bits per heavy atom. The number of aromatic hydroxyl groups is 4. The van der Waals surface area contributed by atoms with Crippen molar-refractivity contribution in [3.05, 3.63) is 82.9 Å². The van der Waals surface area contributed by atoms with E-state index in [4.69, 9.17) is 28.4 Å². The third-order valence-electron chi connectivity index (χ3n) is 8.75. The van der Waals surface area contributed by atoms with Crippen molar-refractivity contribution in [1.29, 1.82) is 0 Å². The van der Waals surface area contributed by atoms with Crippen molar-refractivity contribution in [1.82, 2.24) is 9.80 Å². The van der Waals surface area contributed by atoms with Crippen LogP contribution in [-0.2, 0) is 0 Å². The lowest BCUT2D eigenvalue weighted by atomic mass is 9.92. The molecule has 1 saturated heterocycles. The molecule has 2 atom stereocenters. The van der Waals surface area contributed by atoms with Gasteiger partial charge in [0, 0.05) is 49.4 Å². The summed E-state index contributed by atoms with van der Waals surface area (Å²) in [6, 6.07) is 16.2. The second-order valence-electron chi connectivity index (χ2n) is 11.3. The maximum Gasteiger partial charge on any atom is 0.231 e. The van der Waals surface area contributed by atoms with Crippen LogP contribution in [0.3, 0.4) is 0 Å². The Bertz CT molecular complexity index is 1640. The van der Waals surface area contributed by atoms with Gasteiger partial charge in [-0.25, -0.2) is 0 Å². The molecule has 0 unspecified atom stereocenters. The molecule has 4 N–H and O–H groups in total. The number of benzene rings is 4. The van der Waals surface area contributed by atoms with Crippen molar-refractivity contribution >= 4 is 0 Å². The van der Waals surface area contributed by atoms with Crippen molar-refractivity contribution in [2.45, 2.75) is 12.1 Å². The van der Waals surface area contributed by atoms with Gasteiger partial charge in [0.05, 0.1) is 26.3 Å². The molecule has 3 aliphatic rings. The van der Waals surface area contributed by atoms with E-state index < -0.39 is 12.1 Å². The number of phenols is 4. The number of piperazine rings is 1. The maximum atomic E-state index is 11.2. The van der Waals surface area contributed by atoms with Gasteiger partial charge in [-0.05, 0) is 47.5 Å². The molecule has 0 spiro atoms. The molecule has 4 aromatic carbocycles. The summed E-state index contributed by atoms with van der Waals surface area (Å²) in [6.45, 7) is 2.42. The SMILES string of the molecule is COc1cc([C@H](c2cc3c(cc2O)OCO3)N2CCN([C@H](c3ccc(O)c(OC)c3)c3cc4c(cc3O)OCO4)CC2)ccc1O. The summed E-state index contributed by atoms with van der Waals surface area (Å²) in [4.78, 5) is 4.49. The molecule has 0 amide bonds. The summed E-state index contributed by atoms with van der Waals surface area (Å²) in [6.07, 6.45) is 0. The van der Waals surface area contributed by atoms with E-state index in [1.165, 1.54) is 14.2 Å². The van der Waals surface area contributed by atoms with Gasteiger partial charge in [-0.15, -0.1) is 0 Å². The van der Waals surface area contributed by atoms with Crippen LogP contribution in [0.25, 0.3) is 0 Å². The Hall–Kier alpha value is -5.20. The Balaban J connectivity index is 1.25. The van der Waals surface area contributed by atoms with Gasteiger partial charge in [0.15, 0.2) is 46.0 Å². The monoisotopic (exact) mass is 630 g/mol. The summed E-state index contributed by atoms with van der Waals surface area (Å²) in [5, 5.41) is 43.1. The Kier molecular flexibility index (Phi) is 7.67. The first-order valence-corrected chi connectivity index (χ1v) is 14.8. The van der Waals surface area contributed by atoms with Gasteiger partial charge in [0.2, 0.25) is 13.6 Å². The fourth-order valence-electron chi connectivity index (χ4n) is 6.49. The quantitative estimate of drug-likeness (QED) is 0.218. The summed E-state index contributed by atoms with van der Waals surface area (Å²) >= 11 is 0. The minimum absolute atomic E-state index is 0.0143. The fraction of sp³-hybridized carbons (Fsp3) is 0.294. The van der Waals surface area contributed by atoms with Gasteiger partial charge >= 0.3 is 0 Å². The van der Waals surface area contributed by atoms with E-state index in [1.807, 2.05) is 12.1 Å². The third kappa shape index (κ3) is 5.25. The highest BCUT2D eigenvalue weighted by Gasteiger charge is 2.35. The number of fused-ring (bicyclic) bond motifs is 2. The Morgan fingerprint density at radius 1 is 0.522 bits per heavy atom. The molecule has 3 heterocycles. The molecule has 0 aromatic heterocycles. The van der Waals surface area contributed by atoms with E-state index in [2.05, 4.69) is 9.80 Å². The smallest absolute Gasteiger partial charge is 0.231 e. The van der Waals surface area contributed by atoms with Gasteiger partial charge < -0.3 is 48.8 Å². The summed E-state index contributed by atoms with van der Waals surface area (Å²) in [5.74, 6) is 2.82. The normalized spacial score (nSPS) is 17.1. The van der Waals surface area contributed by atoms with Crippen LogP contribution in [0.2, 0.25) is 0 Å². The second kappa shape index (κ2) is 12.0. The molecule has 7 rings (SSSR count). The molecule has 0 aliphatic carbocycles.